The smallest absolute Gasteiger partial charge is 0.150 e. The Balaban J connectivity index is 2.70. The number of rotatable bonds is 3. The molecule has 0 unspecified atom stereocenters. The lowest BCUT2D eigenvalue weighted by Gasteiger charge is -2.11. The third-order valence-corrected chi connectivity index (χ3v) is 2.99. The number of carbonyl (C=O) groups is 1. The highest BCUT2D eigenvalue weighted by molar-refractivity contribution is 6.31. The number of nitrogens with zero attached hydrogens (tertiary/aromatic N) is 1. The minimum Gasteiger partial charge on any atom is -0.496 e. The van der Waals surface area contributed by atoms with Gasteiger partial charge in [0.2, 0.25) is 0 Å². The van der Waals surface area contributed by atoms with E-state index >= 15 is 0 Å². The maximum atomic E-state index is 11.1. The molecule has 0 bridgehead atoms. The van der Waals surface area contributed by atoms with Crippen molar-refractivity contribution in [1.29, 1.82) is 5.26 Å². The van der Waals surface area contributed by atoms with Gasteiger partial charge in [-0.2, -0.15) is 5.26 Å². The molecule has 19 heavy (non-hydrogen) atoms. The van der Waals surface area contributed by atoms with Gasteiger partial charge in [0.15, 0.2) is 6.29 Å². The summed E-state index contributed by atoms with van der Waals surface area (Å²) in [6.07, 6.45) is 0.736. The zero-order valence-corrected chi connectivity index (χ0v) is 10.9. The first-order valence-corrected chi connectivity index (χ1v) is 5.90. The van der Waals surface area contributed by atoms with Crippen molar-refractivity contribution in [2.45, 2.75) is 0 Å². The van der Waals surface area contributed by atoms with E-state index < -0.39 is 0 Å². The summed E-state index contributed by atoms with van der Waals surface area (Å²) in [6.45, 7) is 0. The summed E-state index contributed by atoms with van der Waals surface area (Å²) in [7, 11) is 1.54. The largest absolute Gasteiger partial charge is 0.496 e. The van der Waals surface area contributed by atoms with Crippen molar-refractivity contribution in [3.8, 4) is 22.9 Å². The molecule has 94 valence electrons. The van der Waals surface area contributed by atoms with Crippen LogP contribution in [0.15, 0.2) is 36.4 Å². The maximum Gasteiger partial charge on any atom is 0.150 e. The summed E-state index contributed by atoms with van der Waals surface area (Å²) in [4.78, 5) is 11.1. The Labute approximate surface area is 116 Å². The Morgan fingerprint density at radius 1 is 1.21 bits per heavy atom. The highest BCUT2D eigenvalue weighted by Gasteiger charge is 2.11. The molecule has 2 aromatic carbocycles. The molecule has 4 heteroatoms. The van der Waals surface area contributed by atoms with Gasteiger partial charge in [-0.15, -0.1) is 0 Å². The molecule has 3 nitrogen and oxygen atoms in total. The lowest BCUT2D eigenvalue weighted by molar-refractivity contribution is 0.112. The third-order valence-electron chi connectivity index (χ3n) is 2.76. The van der Waals surface area contributed by atoms with Crippen molar-refractivity contribution < 1.29 is 9.53 Å². The zero-order chi connectivity index (χ0) is 13.8. The number of nitriles is 1. The van der Waals surface area contributed by atoms with E-state index in [9.17, 15) is 4.79 Å². The van der Waals surface area contributed by atoms with Gasteiger partial charge in [-0.05, 0) is 35.9 Å². The molecule has 0 aliphatic carbocycles. The number of hydrogen-bond acceptors (Lipinski definition) is 3. The second kappa shape index (κ2) is 5.55. The van der Waals surface area contributed by atoms with Crippen LogP contribution in [-0.2, 0) is 0 Å². The van der Waals surface area contributed by atoms with Gasteiger partial charge in [-0.3, -0.25) is 4.79 Å². The van der Waals surface area contributed by atoms with Crippen molar-refractivity contribution in [3.63, 3.8) is 0 Å². The molecule has 0 radical (unpaired) electrons. The van der Waals surface area contributed by atoms with Crippen LogP contribution in [0.3, 0.4) is 0 Å². The number of benzene rings is 2. The summed E-state index contributed by atoms with van der Waals surface area (Å²) in [5.41, 5.74) is 2.34. The molecule has 0 aliphatic heterocycles. The van der Waals surface area contributed by atoms with Gasteiger partial charge in [0, 0.05) is 16.1 Å². The van der Waals surface area contributed by atoms with Crippen molar-refractivity contribution in [3.05, 3.63) is 52.5 Å². The first-order valence-electron chi connectivity index (χ1n) is 5.53. The molecule has 0 fully saturated rings. The fraction of sp³-hybridized carbons (Fsp3) is 0.0667. The molecule has 0 atom stereocenters. The fourth-order valence-electron chi connectivity index (χ4n) is 1.86. The summed E-state index contributed by atoms with van der Waals surface area (Å²) >= 11 is 5.87. The Kier molecular flexibility index (Phi) is 3.84. The maximum absolute atomic E-state index is 11.1. The number of methoxy groups -OCH3 is 1. The van der Waals surface area contributed by atoms with E-state index in [1.54, 1.807) is 43.5 Å². The van der Waals surface area contributed by atoms with Crippen molar-refractivity contribution in [1.82, 2.24) is 0 Å². The molecule has 0 aromatic heterocycles. The van der Waals surface area contributed by atoms with Crippen molar-refractivity contribution in [2.75, 3.05) is 7.11 Å². The summed E-state index contributed by atoms with van der Waals surface area (Å²) in [5.74, 6) is 0.601. The van der Waals surface area contributed by atoms with E-state index in [1.165, 1.54) is 0 Å². The predicted octanol–water partition coefficient (Wildman–Crippen LogP) is 3.70. The van der Waals surface area contributed by atoms with Gasteiger partial charge in [-0.25, -0.2) is 0 Å². The van der Waals surface area contributed by atoms with Crippen molar-refractivity contribution in [2.24, 2.45) is 0 Å². The van der Waals surface area contributed by atoms with Gasteiger partial charge in [-0.1, -0.05) is 17.7 Å². The first kappa shape index (κ1) is 13.1. The molecule has 0 heterocycles. The number of carbonyl (C=O) groups excluding carboxylic acids is 1. The standard InChI is InChI=1S/C15H10ClNO2/c1-19-15-5-2-10(8-17)6-14(15)13-4-3-12(16)7-11(13)9-18/h2-7,9H,1H3. The lowest BCUT2D eigenvalue weighted by Crippen LogP contribution is -1.93. The van der Waals surface area contributed by atoms with E-state index in [-0.39, 0.29) is 0 Å². The number of ether oxygens (including phenoxy) is 1. The molecule has 0 saturated carbocycles. The average Bonchev–Trinajstić information content (AvgIpc) is 2.46. The Morgan fingerprint density at radius 2 is 2.00 bits per heavy atom. The molecule has 2 aromatic rings. The summed E-state index contributed by atoms with van der Waals surface area (Å²) in [5, 5.41) is 9.45. The van der Waals surface area contributed by atoms with Crippen LogP contribution in [0, 0.1) is 11.3 Å². The normalized spacial score (nSPS) is 9.74. The molecule has 0 aliphatic rings. The molecule has 0 saturated heterocycles. The number of hydrogen-bond donors (Lipinski definition) is 0. The van der Waals surface area contributed by atoms with E-state index in [0.717, 1.165) is 6.29 Å². The van der Waals surface area contributed by atoms with Crippen LogP contribution in [0.5, 0.6) is 5.75 Å². The quantitative estimate of drug-likeness (QED) is 0.800. The Bertz CT molecular complexity index is 674. The average molecular weight is 272 g/mol. The van der Waals surface area contributed by atoms with Crippen LogP contribution in [0.2, 0.25) is 5.02 Å². The van der Waals surface area contributed by atoms with Gasteiger partial charge in [0.1, 0.15) is 5.75 Å². The van der Waals surface area contributed by atoms with Crippen LogP contribution in [-0.4, -0.2) is 13.4 Å². The molecule has 0 amide bonds. The second-order valence-electron chi connectivity index (χ2n) is 3.88. The molecule has 0 spiro atoms. The van der Waals surface area contributed by atoms with Crippen LogP contribution in [0.4, 0.5) is 0 Å². The summed E-state index contributed by atoms with van der Waals surface area (Å²) < 4.78 is 5.27. The van der Waals surface area contributed by atoms with Crippen molar-refractivity contribution >= 4 is 17.9 Å². The van der Waals surface area contributed by atoms with Gasteiger partial charge in [0.25, 0.3) is 0 Å². The lowest BCUT2D eigenvalue weighted by atomic mass is 9.98. The molecule has 2 rings (SSSR count). The third kappa shape index (κ3) is 2.59. The SMILES string of the molecule is COc1ccc(C#N)cc1-c1ccc(Cl)cc1C=O. The predicted molar refractivity (Wildman–Crippen MR) is 73.5 cm³/mol. The Hall–Kier alpha value is -2.31. The van der Waals surface area contributed by atoms with E-state index in [2.05, 4.69) is 6.07 Å². The fourth-order valence-corrected chi connectivity index (χ4v) is 2.04. The topological polar surface area (TPSA) is 50.1 Å². The van der Waals surface area contributed by atoms with E-state index in [0.29, 0.717) is 33.0 Å². The minimum atomic E-state index is 0.459. The zero-order valence-electron chi connectivity index (χ0n) is 10.2. The molecular formula is C15H10ClNO2. The molecule has 0 N–H and O–H groups in total. The number of aldehydes is 1. The van der Waals surface area contributed by atoms with Crippen LogP contribution in [0.25, 0.3) is 11.1 Å². The molecular weight excluding hydrogens is 262 g/mol. The highest BCUT2D eigenvalue weighted by Crippen LogP contribution is 2.33. The Morgan fingerprint density at radius 3 is 2.63 bits per heavy atom. The van der Waals surface area contributed by atoms with Gasteiger partial charge >= 0.3 is 0 Å². The van der Waals surface area contributed by atoms with E-state index in [1.807, 2.05) is 0 Å². The summed E-state index contributed by atoms with van der Waals surface area (Å²) in [6, 6.07) is 12.2. The van der Waals surface area contributed by atoms with Crippen LogP contribution >= 0.6 is 11.6 Å². The minimum absolute atomic E-state index is 0.459. The highest BCUT2D eigenvalue weighted by atomic mass is 35.5. The first-order chi connectivity index (χ1) is 9.19. The van der Waals surface area contributed by atoms with Gasteiger partial charge in [0.05, 0.1) is 18.7 Å². The number of halogens is 1. The van der Waals surface area contributed by atoms with E-state index in [4.69, 9.17) is 21.6 Å². The van der Waals surface area contributed by atoms with Crippen LogP contribution in [0.1, 0.15) is 15.9 Å². The monoisotopic (exact) mass is 271 g/mol. The second-order valence-corrected chi connectivity index (χ2v) is 4.31. The van der Waals surface area contributed by atoms with Gasteiger partial charge < -0.3 is 4.74 Å². The van der Waals surface area contributed by atoms with Crippen LogP contribution < -0.4 is 4.74 Å².